The van der Waals surface area contributed by atoms with Gasteiger partial charge in [-0.15, -0.1) is 0 Å². The van der Waals surface area contributed by atoms with E-state index >= 15 is 0 Å². The minimum absolute atomic E-state index is 0.424. The zero-order valence-electron chi connectivity index (χ0n) is 2.98. The third kappa shape index (κ3) is 0.911. The molecule has 0 N–H and O–H groups in total. The Morgan fingerprint density at radius 1 is 1.60 bits per heavy atom. The van der Waals surface area contributed by atoms with Gasteiger partial charge in [-0.3, -0.25) is 0 Å². The molecule has 5 heavy (non-hydrogen) atoms. The summed E-state index contributed by atoms with van der Waals surface area (Å²) < 4.78 is 3.88. The number of allylic oxidation sites excluding steroid dienone is 1. The summed E-state index contributed by atoms with van der Waals surface area (Å²) in [5.41, 5.74) is 0. The molecule has 1 aliphatic rings. The summed E-state index contributed by atoms with van der Waals surface area (Å²) in [7, 11) is 0. The summed E-state index contributed by atoms with van der Waals surface area (Å²) in [6, 6.07) is 0. The normalized spacial score (nSPS) is 22.4. The number of hydrogen-bond acceptors (Lipinski definition) is 0. The van der Waals surface area contributed by atoms with Gasteiger partial charge in [0.15, 0.2) is 0 Å². The van der Waals surface area contributed by atoms with Gasteiger partial charge < -0.3 is 0 Å². The van der Waals surface area contributed by atoms with Crippen LogP contribution in [-0.2, 0) is 0 Å². The molecule has 0 aliphatic carbocycles. The molecule has 1 rings (SSSR count). The van der Waals surface area contributed by atoms with Crippen molar-refractivity contribution in [3.8, 4) is 0 Å². The Bertz CT molecular complexity index is 41.6. The topological polar surface area (TPSA) is 0 Å². The van der Waals surface area contributed by atoms with E-state index in [1.54, 1.807) is 0 Å². The number of hydrogen-bond donors (Lipinski definition) is 0. The zero-order chi connectivity index (χ0) is 3.54. The van der Waals surface area contributed by atoms with Gasteiger partial charge in [-0.1, -0.05) is 0 Å². The van der Waals surface area contributed by atoms with Gasteiger partial charge in [0.05, 0.1) is 0 Å². The maximum absolute atomic E-state index is 2.37. The van der Waals surface area contributed by atoms with Crippen LogP contribution < -0.4 is 0 Å². The van der Waals surface area contributed by atoms with E-state index in [-0.39, 0.29) is 0 Å². The fraction of sp³-hybridized carbons (Fsp3) is 0.500. The monoisotopic (exact) mass is 182 g/mol. The number of halogens is 1. The first-order valence-corrected chi connectivity index (χ1v) is 4.76. The molecular weight excluding hydrogens is 175 g/mol. The van der Waals surface area contributed by atoms with E-state index in [1.807, 2.05) is 0 Å². The molecule has 0 amide bonds. The first-order valence-electron chi connectivity index (χ1n) is 1.77. The van der Waals surface area contributed by atoms with Gasteiger partial charge in [0.1, 0.15) is 0 Å². The third-order valence-corrected chi connectivity index (χ3v) is 3.04. The molecule has 1 aliphatic heterocycles. The Morgan fingerprint density at radius 2 is 2.60 bits per heavy atom. The molecule has 30 valence electrons. The van der Waals surface area contributed by atoms with Crippen molar-refractivity contribution >= 4 is 21.2 Å². The molecule has 0 nitrogen and oxygen atoms in total. The quantitative estimate of drug-likeness (QED) is 0.394. The molecule has 1 heteroatoms. The number of rotatable bonds is 0. The summed E-state index contributed by atoms with van der Waals surface area (Å²) in [6.45, 7) is 0. The average molecular weight is 182 g/mol. The van der Waals surface area contributed by atoms with Crippen molar-refractivity contribution in [3.63, 3.8) is 0 Å². The summed E-state index contributed by atoms with van der Waals surface area (Å²) in [5, 5.41) is 0. The van der Waals surface area contributed by atoms with Gasteiger partial charge in [-0.05, 0) is 0 Å². The van der Waals surface area contributed by atoms with Crippen LogP contribution in [0.4, 0.5) is 0 Å². The van der Waals surface area contributed by atoms with Crippen LogP contribution in [0.1, 0.15) is 6.42 Å². The molecule has 1 heterocycles. The number of alkyl halides is 1. The van der Waals surface area contributed by atoms with Crippen molar-refractivity contribution in [2.24, 2.45) is 0 Å². The average Bonchev–Trinajstić information content (AvgIpc) is 1.76. The Kier molecular flexibility index (Phi) is 1.31. The van der Waals surface area contributed by atoms with Crippen molar-refractivity contribution in [2.75, 3.05) is 4.43 Å². The van der Waals surface area contributed by atoms with Crippen LogP contribution in [0.2, 0.25) is 0 Å². The second kappa shape index (κ2) is 1.80. The fourth-order valence-corrected chi connectivity index (χ4v) is 2.28. The Morgan fingerprint density at radius 3 is 2.80 bits per heavy atom. The first-order chi connectivity index (χ1) is 2.50. The standard InChI is InChI=1S/C4H7I/c1-2-4-5-3-1/h1,3,5H,2,4H2. The van der Waals surface area contributed by atoms with Crippen LogP contribution in [0.3, 0.4) is 0 Å². The molecule has 0 bridgehead atoms. The van der Waals surface area contributed by atoms with E-state index in [4.69, 9.17) is 0 Å². The molecule has 0 saturated heterocycles. The van der Waals surface area contributed by atoms with Gasteiger partial charge in [-0.25, -0.2) is 0 Å². The SMILES string of the molecule is C1=C[IH]CC1. The van der Waals surface area contributed by atoms with Crippen LogP contribution in [0, 0.1) is 0 Å². The summed E-state index contributed by atoms with van der Waals surface area (Å²) in [5.74, 6) is 0. The van der Waals surface area contributed by atoms with Gasteiger partial charge in [0.2, 0.25) is 0 Å². The first kappa shape index (κ1) is 3.65. The van der Waals surface area contributed by atoms with E-state index in [0.717, 1.165) is 0 Å². The van der Waals surface area contributed by atoms with Crippen molar-refractivity contribution in [3.05, 3.63) is 10.2 Å². The minimum atomic E-state index is 0.424. The van der Waals surface area contributed by atoms with E-state index in [1.165, 1.54) is 10.8 Å². The maximum atomic E-state index is 2.37. The van der Waals surface area contributed by atoms with Crippen LogP contribution in [0.25, 0.3) is 0 Å². The van der Waals surface area contributed by atoms with Crippen molar-refractivity contribution < 1.29 is 0 Å². The zero-order valence-corrected chi connectivity index (χ0v) is 5.31. The van der Waals surface area contributed by atoms with E-state index in [0.29, 0.717) is 21.2 Å². The second-order valence-corrected chi connectivity index (χ2v) is 3.92. The molecular formula is C4H7I. The van der Waals surface area contributed by atoms with Gasteiger partial charge in [0.25, 0.3) is 0 Å². The Balaban J connectivity index is 2.32. The molecule has 0 saturated carbocycles. The summed E-state index contributed by atoms with van der Waals surface area (Å²) in [4.78, 5) is 0. The van der Waals surface area contributed by atoms with Crippen LogP contribution in [0.5, 0.6) is 0 Å². The molecule has 0 atom stereocenters. The molecule has 0 radical (unpaired) electrons. The molecule has 0 aromatic rings. The van der Waals surface area contributed by atoms with Gasteiger partial charge in [0, 0.05) is 0 Å². The summed E-state index contributed by atoms with van der Waals surface area (Å²) in [6.07, 6.45) is 3.67. The van der Waals surface area contributed by atoms with E-state index < -0.39 is 0 Å². The summed E-state index contributed by atoms with van der Waals surface area (Å²) >= 11 is 0.424. The predicted molar refractivity (Wildman–Crippen MR) is 34.0 cm³/mol. The molecule has 0 aromatic heterocycles. The Hall–Kier alpha value is 0.470. The van der Waals surface area contributed by atoms with Crippen molar-refractivity contribution in [2.45, 2.75) is 6.42 Å². The molecule has 0 fully saturated rings. The van der Waals surface area contributed by atoms with Gasteiger partial charge in [-0.2, -0.15) is 0 Å². The fourth-order valence-electron chi connectivity index (χ4n) is 0.340. The van der Waals surface area contributed by atoms with Gasteiger partial charge >= 0.3 is 42.2 Å². The molecule has 0 aromatic carbocycles. The van der Waals surface area contributed by atoms with Crippen LogP contribution in [-0.4, -0.2) is 4.43 Å². The second-order valence-electron chi connectivity index (χ2n) is 1.03. The predicted octanol–water partition coefficient (Wildman–Crippen LogP) is 1.61. The van der Waals surface area contributed by atoms with Crippen molar-refractivity contribution in [1.29, 1.82) is 0 Å². The van der Waals surface area contributed by atoms with Crippen LogP contribution >= 0.6 is 21.2 Å². The van der Waals surface area contributed by atoms with Crippen molar-refractivity contribution in [1.82, 2.24) is 0 Å². The molecule has 0 spiro atoms. The van der Waals surface area contributed by atoms with Crippen LogP contribution in [0.15, 0.2) is 10.2 Å². The molecule has 0 unspecified atom stereocenters. The van der Waals surface area contributed by atoms with E-state index in [2.05, 4.69) is 10.2 Å². The third-order valence-electron chi connectivity index (χ3n) is 0.595. The Labute approximate surface area is 42.5 Å². The van der Waals surface area contributed by atoms with E-state index in [9.17, 15) is 0 Å².